The average molecular weight is 294 g/mol. The number of hydrogen-bond acceptors (Lipinski definition) is 3. The molecule has 0 radical (unpaired) electrons. The number of nitrogens with one attached hydrogen (secondary N) is 1. The molecule has 20 heavy (non-hydrogen) atoms. The molecule has 108 valence electrons. The fourth-order valence-electron chi connectivity index (χ4n) is 2.08. The van der Waals surface area contributed by atoms with Crippen molar-refractivity contribution in [2.24, 2.45) is 0 Å². The first-order chi connectivity index (χ1) is 9.74. The molecular weight excluding hydrogens is 274 g/mol. The highest BCUT2D eigenvalue weighted by Gasteiger charge is 2.17. The van der Waals surface area contributed by atoms with E-state index in [1.54, 1.807) is 6.07 Å². The van der Waals surface area contributed by atoms with Crippen LogP contribution in [0, 0.1) is 0 Å². The highest BCUT2D eigenvalue weighted by molar-refractivity contribution is 6.28. The first kappa shape index (κ1) is 14.9. The Hall–Kier alpha value is -1.45. The van der Waals surface area contributed by atoms with Crippen molar-refractivity contribution in [2.75, 3.05) is 13.2 Å². The van der Waals surface area contributed by atoms with Crippen LogP contribution < -0.4 is 10.1 Å². The van der Waals surface area contributed by atoms with Crippen LogP contribution in [0.25, 0.3) is 0 Å². The molecule has 0 amide bonds. The number of furan rings is 1. The van der Waals surface area contributed by atoms with Gasteiger partial charge in [0.15, 0.2) is 5.22 Å². The third-order valence-corrected chi connectivity index (χ3v) is 3.20. The highest BCUT2D eigenvalue weighted by atomic mass is 35.5. The molecule has 1 unspecified atom stereocenters. The predicted octanol–water partition coefficient (Wildman–Crippen LogP) is 4.42. The summed E-state index contributed by atoms with van der Waals surface area (Å²) < 4.78 is 11.0. The van der Waals surface area contributed by atoms with Crippen molar-refractivity contribution in [1.29, 1.82) is 0 Å². The zero-order valence-corrected chi connectivity index (χ0v) is 12.6. The van der Waals surface area contributed by atoms with Gasteiger partial charge in [-0.25, -0.2) is 0 Å². The maximum absolute atomic E-state index is 5.88. The molecule has 0 aliphatic heterocycles. The number of rotatable bonds is 7. The van der Waals surface area contributed by atoms with E-state index in [4.69, 9.17) is 20.8 Å². The van der Waals surface area contributed by atoms with Gasteiger partial charge in [0.2, 0.25) is 0 Å². The van der Waals surface area contributed by atoms with Crippen molar-refractivity contribution in [2.45, 2.75) is 26.3 Å². The molecule has 1 aromatic heterocycles. The van der Waals surface area contributed by atoms with Crippen LogP contribution in [0.1, 0.15) is 37.6 Å². The Labute approximate surface area is 124 Å². The number of halogens is 1. The van der Waals surface area contributed by atoms with E-state index in [1.165, 1.54) is 0 Å². The van der Waals surface area contributed by atoms with Crippen molar-refractivity contribution < 1.29 is 9.15 Å². The summed E-state index contributed by atoms with van der Waals surface area (Å²) in [7, 11) is 0. The molecular formula is C16H20ClNO2. The molecule has 0 saturated heterocycles. The van der Waals surface area contributed by atoms with E-state index < -0.39 is 0 Å². The zero-order valence-electron chi connectivity index (χ0n) is 11.9. The molecule has 1 N–H and O–H groups in total. The largest absolute Gasteiger partial charge is 0.494 e. The fraction of sp³-hybridized carbons (Fsp3) is 0.375. The number of ether oxygens (including phenoxy) is 1. The Morgan fingerprint density at radius 2 is 1.90 bits per heavy atom. The lowest BCUT2D eigenvalue weighted by atomic mass is 10.0. The Kier molecular flexibility index (Phi) is 5.50. The van der Waals surface area contributed by atoms with E-state index in [0.29, 0.717) is 11.8 Å². The Morgan fingerprint density at radius 1 is 1.15 bits per heavy atom. The first-order valence-corrected chi connectivity index (χ1v) is 7.33. The van der Waals surface area contributed by atoms with Crippen LogP contribution >= 0.6 is 11.6 Å². The summed E-state index contributed by atoms with van der Waals surface area (Å²) in [4.78, 5) is 0. The number of hydrogen-bond donors (Lipinski definition) is 1. The van der Waals surface area contributed by atoms with Crippen molar-refractivity contribution in [3.63, 3.8) is 0 Å². The van der Waals surface area contributed by atoms with Gasteiger partial charge in [0.1, 0.15) is 11.5 Å². The van der Waals surface area contributed by atoms with E-state index in [0.717, 1.165) is 30.0 Å². The zero-order chi connectivity index (χ0) is 14.4. The maximum Gasteiger partial charge on any atom is 0.193 e. The van der Waals surface area contributed by atoms with Crippen LogP contribution in [0.3, 0.4) is 0 Å². The van der Waals surface area contributed by atoms with Crippen molar-refractivity contribution in [1.82, 2.24) is 5.32 Å². The van der Waals surface area contributed by atoms with Gasteiger partial charge in [-0.2, -0.15) is 0 Å². The molecule has 3 nitrogen and oxygen atoms in total. The van der Waals surface area contributed by atoms with E-state index in [1.807, 2.05) is 25.1 Å². The molecule has 0 aliphatic rings. The third-order valence-electron chi connectivity index (χ3n) is 3.00. The Morgan fingerprint density at radius 3 is 2.45 bits per heavy atom. The van der Waals surface area contributed by atoms with Gasteiger partial charge >= 0.3 is 0 Å². The lowest BCUT2D eigenvalue weighted by Crippen LogP contribution is -2.22. The normalized spacial score (nSPS) is 12.3. The quantitative estimate of drug-likeness (QED) is 0.820. The minimum absolute atomic E-state index is 0.0122. The van der Waals surface area contributed by atoms with E-state index in [-0.39, 0.29) is 6.04 Å². The summed E-state index contributed by atoms with van der Waals surface area (Å²) in [5.41, 5.74) is 1.13. The van der Waals surface area contributed by atoms with Gasteiger partial charge in [0.25, 0.3) is 0 Å². The fourth-order valence-corrected chi connectivity index (χ4v) is 2.23. The lowest BCUT2D eigenvalue weighted by Gasteiger charge is -2.17. The highest BCUT2D eigenvalue weighted by Crippen LogP contribution is 2.27. The van der Waals surface area contributed by atoms with Gasteiger partial charge in [0, 0.05) is 0 Å². The van der Waals surface area contributed by atoms with Crippen molar-refractivity contribution in [3.05, 3.63) is 52.9 Å². The standard InChI is InChI=1S/C16H20ClNO2/c1-3-11-18-16(14-9-10-15(17)20-14)12-5-7-13(8-6-12)19-4-2/h5-10,16,18H,3-4,11H2,1-2H3. The van der Waals surface area contributed by atoms with E-state index in [2.05, 4.69) is 24.4 Å². The second-order valence-electron chi connectivity index (χ2n) is 4.53. The van der Waals surface area contributed by atoms with Gasteiger partial charge in [-0.3, -0.25) is 0 Å². The molecule has 0 fully saturated rings. The Bertz CT molecular complexity index is 522. The molecule has 1 heterocycles. The summed E-state index contributed by atoms with van der Waals surface area (Å²) in [6, 6.07) is 11.7. The molecule has 4 heteroatoms. The van der Waals surface area contributed by atoms with Crippen LogP contribution in [-0.4, -0.2) is 13.2 Å². The predicted molar refractivity (Wildman–Crippen MR) is 81.5 cm³/mol. The van der Waals surface area contributed by atoms with Crippen LogP contribution in [-0.2, 0) is 0 Å². The molecule has 0 bridgehead atoms. The molecule has 1 aromatic carbocycles. The van der Waals surface area contributed by atoms with Gasteiger partial charge in [0.05, 0.1) is 12.6 Å². The minimum atomic E-state index is 0.0122. The monoisotopic (exact) mass is 293 g/mol. The average Bonchev–Trinajstić information content (AvgIpc) is 2.88. The van der Waals surface area contributed by atoms with E-state index in [9.17, 15) is 0 Å². The second kappa shape index (κ2) is 7.36. The lowest BCUT2D eigenvalue weighted by molar-refractivity contribution is 0.340. The van der Waals surface area contributed by atoms with Gasteiger partial charge in [-0.05, 0) is 61.3 Å². The second-order valence-corrected chi connectivity index (χ2v) is 4.90. The molecule has 2 aromatic rings. The first-order valence-electron chi connectivity index (χ1n) is 6.96. The third kappa shape index (κ3) is 3.78. The number of benzene rings is 1. The molecule has 0 aliphatic carbocycles. The summed E-state index contributed by atoms with van der Waals surface area (Å²) >= 11 is 5.88. The summed E-state index contributed by atoms with van der Waals surface area (Å²) in [6.45, 7) is 5.70. The smallest absolute Gasteiger partial charge is 0.193 e. The van der Waals surface area contributed by atoms with E-state index >= 15 is 0 Å². The van der Waals surface area contributed by atoms with Crippen LogP contribution in [0.2, 0.25) is 5.22 Å². The van der Waals surface area contributed by atoms with Crippen molar-refractivity contribution in [3.8, 4) is 5.75 Å². The molecule has 0 saturated carbocycles. The molecule has 2 rings (SSSR count). The maximum atomic E-state index is 5.88. The molecule has 1 atom stereocenters. The van der Waals surface area contributed by atoms with Gasteiger partial charge < -0.3 is 14.5 Å². The summed E-state index contributed by atoms with van der Waals surface area (Å²) in [5.74, 6) is 1.70. The minimum Gasteiger partial charge on any atom is -0.494 e. The SMILES string of the molecule is CCCNC(c1ccc(OCC)cc1)c1ccc(Cl)o1. The molecule has 0 spiro atoms. The summed E-state index contributed by atoms with van der Waals surface area (Å²) in [6.07, 6.45) is 1.06. The van der Waals surface area contributed by atoms with Gasteiger partial charge in [-0.1, -0.05) is 19.1 Å². The topological polar surface area (TPSA) is 34.4 Å². The van der Waals surface area contributed by atoms with Crippen LogP contribution in [0.15, 0.2) is 40.8 Å². The summed E-state index contributed by atoms with van der Waals surface area (Å²) in [5, 5.41) is 3.88. The van der Waals surface area contributed by atoms with Crippen LogP contribution in [0.4, 0.5) is 0 Å². The van der Waals surface area contributed by atoms with Gasteiger partial charge in [-0.15, -0.1) is 0 Å². The van der Waals surface area contributed by atoms with Crippen molar-refractivity contribution >= 4 is 11.6 Å². The Balaban J connectivity index is 2.21. The van der Waals surface area contributed by atoms with Crippen LogP contribution in [0.5, 0.6) is 5.75 Å².